The topological polar surface area (TPSA) is 56.5 Å². The van der Waals surface area contributed by atoms with Crippen LogP contribution < -0.4 is 5.73 Å². The SMILES string of the molecule is NCc1ccn2c(-c3ccc(Cl)o3)ncc2c1. The van der Waals surface area contributed by atoms with Crippen LogP contribution >= 0.6 is 11.6 Å². The average molecular weight is 248 g/mol. The van der Waals surface area contributed by atoms with E-state index < -0.39 is 0 Å². The number of fused-ring (bicyclic) bond motifs is 1. The molecule has 2 N–H and O–H groups in total. The van der Waals surface area contributed by atoms with E-state index in [1.807, 2.05) is 22.7 Å². The normalized spacial score (nSPS) is 11.2. The summed E-state index contributed by atoms with van der Waals surface area (Å²) in [7, 11) is 0. The summed E-state index contributed by atoms with van der Waals surface area (Å²) >= 11 is 5.76. The summed E-state index contributed by atoms with van der Waals surface area (Å²) in [5, 5.41) is 0.357. The minimum absolute atomic E-state index is 0.357. The van der Waals surface area contributed by atoms with Gasteiger partial charge in [-0.15, -0.1) is 0 Å². The molecule has 3 aromatic heterocycles. The third-order valence-electron chi connectivity index (χ3n) is 2.63. The van der Waals surface area contributed by atoms with Gasteiger partial charge in [-0.25, -0.2) is 4.98 Å². The van der Waals surface area contributed by atoms with Gasteiger partial charge < -0.3 is 10.2 Å². The molecule has 0 atom stereocenters. The Hall–Kier alpha value is -1.78. The monoisotopic (exact) mass is 247 g/mol. The van der Waals surface area contributed by atoms with Crippen molar-refractivity contribution >= 4 is 17.1 Å². The molecule has 0 radical (unpaired) electrons. The summed E-state index contributed by atoms with van der Waals surface area (Å²) in [6, 6.07) is 7.46. The van der Waals surface area contributed by atoms with Crippen LogP contribution in [0.3, 0.4) is 0 Å². The van der Waals surface area contributed by atoms with E-state index in [-0.39, 0.29) is 0 Å². The Morgan fingerprint density at radius 2 is 2.24 bits per heavy atom. The Bertz CT molecular complexity index is 671. The number of rotatable bonds is 2. The first-order chi connectivity index (χ1) is 8.28. The van der Waals surface area contributed by atoms with Crippen LogP contribution in [0.5, 0.6) is 0 Å². The van der Waals surface area contributed by atoms with Crippen LogP contribution in [-0.2, 0) is 6.54 Å². The number of nitrogens with zero attached hydrogens (tertiary/aromatic N) is 2. The summed E-state index contributed by atoms with van der Waals surface area (Å²) < 4.78 is 7.29. The molecule has 0 spiro atoms. The van der Waals surface area contributed by atoms with Gasteiger partial charge in [0.05, 0.1) is 11.7 Å². The van der Waals surface area contributed by atoms with Crippen LogP contribution in [0.1, 0.15) is 5.56 Å². The summed E-state index contributed by atoms with van der Waals surface area (Å²) in [5.74, 6) is 1.38. The second-order valence-corrected chi connectivity index (χ2v) is 4.09. The molecule has 0 aliphatic heterocycles. The molecule has 0 aliphatic rings. The zero-order valence-corrected chi connectivity index (χ0v) is 9.69. The lowest BCUT2D eigenvalue weighted by Gasteiger charge is -2.00. The minimum atomic E-state index is 0.357. The molecule has 0 aromatic carbocycles. The largest absolute Gasteiger partial charge is 0.441 e. The molecule has 86 valence electrons. The third kappa shape index (κ3) is 1.71. The van der Waals surface area contributed by atoms with Crippen LogP contribution in [0, 0.1) is 0 Å². The number of hydrogen-bond acceptors (Lipinski definition) is 3. The molecule has 5 heteroatoms. The maximum absolute atomic E-state index is 5.76. The van der Waals surface area contributed by atoms with Crippen LogP contribution in [0.4, 0.5) is 0 Å². The Labute approximate surface area is 103 Å². The molecule has 3 aromatic rings. The van der Waals surface area contributed by atoms with Crippen molar-refractivity contribution in [3.8, 4) is 11.6 Å². The molecule has 0 fully saturated rings. The summed E-state index contributed by atoms with van der Waals surface area (Å²) in [6.07, 6.45) is 3.71. The van der Waals surface area contributed by atoms with Crippen molar-refractivity contribution in [3.63, 3.8) is 0 Å². The molecule has 0 bridgehead atoms. The molecule has 3 heterocycles. The van der Waals surface area contributed by atoms with E-state index in [1.165, 1.54) is 0 Å². The van der Waals surface area contributed by atoms with Gasteiger partial charge in [0.1, 0.15) is 0 Å². The number of pyridine rings is 1. The lowest BCUT2D eigenvalue weighted by atomic mass is 10.2. The predicted molar refractivity (Wildman–Crippen MR) is 65.8 cm³/mol. The molecular weight excluding hydrogens is 238 g/mol. The average Bonchev–Trinajstić information content (AvgIpc) is 2.93. The van der Waals surface area contributed by atoms with Crippen molar-refractivity contribution < 1.29 is 4.42 Å². The van der Waals surface area contributed by atoms with Gasteiger partial charge in [0.25, 0.3) is 0 Å². The van der Waals surface area contributed by atoms with Gasteiger partial charge in [-0.3, -0.25) is 4.40 Å². The van der Waals surface area contributed by atoms with Crippen LogP contribution in [0.15, 0.2) is 41.1 Å². The first kappa shape index (κ1) is 10.4. The highest BCUT2D eigenvalue weighted by Gasteiger charge is 2.10. The smallest absolute Gasteiger partial charge is 0.194 e. The number of nitrogens with two attached hydrogens (primary N) is 1. The fourth-order valence-electron chi connectivity index (χ4n) is 1.79. The fourth-order valence-corrected chi connectivity index (χ4v) is 1.94. The summed E-state index contributed by atoms with van der Waals surface area (Å²) in [5.41, 5.74) is 7.65. The lowest BCUT2D eigenvalue weighted by Crippen LogP contribution is -1.97. The second kappa shape index (κ2) is 3.91. The number of furan rings is 1. The van der Waals surface area contributed by atoms with Crippen molar-refractivity contribution in [2.45, 2.75) is 6.54 Å². The molecule has 0 saturated carbocycles. The molecule has 4 nitrogen and oxygen atoms in total. The van der Waals surface area contributed by atoms with Gasteiger partial charge in [-0.05, 0) is 41.4 Å². The fraction of sp³-hybridized carbons (Fsp3) is 0.0833. The van der Waals surface area contributed by atoms with Crippen LogP contribution in [0.25, 0.3) is 17.1 Å². The second-order valence-electron chi connectivity index (χ2n) is 3.72. The van der Waals surface area contributed by atoms with Crippen molar-refractivity contribution in [3.05, 3.63) is 47.4 Å². The number of hydrogen-bond donors (Lipinski definition) is 1. The standard InChI is InChI=1S/C12H10ClN3O/c13-11-2-1-10(17-11)12-15-7-9-5-8(6-14)3-4-16(9)12/h1-5,7H,6,14H2. The quantitative estimate of drug-likeness (QED) is 0.758. The van der Waals surface area contributed by atoms with E-state index in [0.29, 0.717) is 17.5 Å². The molecule has 0 unspecified atom stereocenters. The van der Waals surface area contributed by atoms with Gasteiger partial charge in [0.15, 0.2) is 16.8 Å². The molecule has 3 rings (SSSR count). The summed E-state index contributed by atoms with van der Waals surface area (Å²) in [6.45, 7) is 0.517. The summed E-state index contributed by atoms with van der Waals surface area (Å²) in [4.78, 5) is 4.32. The van der Waals surface area contributed by atoms with E-state index in [4.69, 9.17) is 21.8 Å². The zero-order valence-electron chi connectivity index (χ0n) is 8.93. The van der Waals surface area contributed by atoms with Gasteiger partial charge in [0, 0.05) is 12.7 Å². The maximum atomic E-state index is 5.76. The van der Waals surface area contributed by atoms with Gasteiger partial charge >= 0.3 is 0 Å². The predicted octanol–water partition coefficient (Wildman–Crippen LogP) is 2.71. The minimum Gasteiger partial charge on any atom is -0.441 e. The van der Waals surface area contributed by atoms with E-state index in [2.05, 4.69) is 4.98 Å². The van der Waals surface area contributed by atoms with Crippen molar-refractivity contribution in [2.75, 3.05) is 0 Å². The Kier molecular flexibility index (Phi) is 2.39. The van der Waals surface area contributed by atoms with Gasteiger partial charge in [0.2, 0.25) is 0 Å². The first-order valence-corrected chi connectivity index (χ1v) is 5.57. The number of imidazole rings is 1. The first-order valence-electron chi connectivity index (χ1n) is 5.19. The van der Waals surface area contributed by atoms with Crippen LogP contribution in [0.2, 0.25) is 5.22 Å². The highest BCUT2D eigenvalue weighted by molar-refractivity contribution is 6.28. The van der Waals surface area contributed by atoms with E-state index in [9.17, 15) is 0 Å². The number of halogens is 1. The van der Waals surface area contributed by atoms with Crippen molar-refractivity contribution in [1.29, 1.82) is 0 Å². The highest BCUT2D eigenvalue weighted by atomic mass is 35.5. The zero-order chi connectivity index (χ0) is 11.8. The molecule has 0 saturated heterocycles. The maximum Gasteiger partial charge on any atom is 0.194 e. The lowest BCUT2D eigenvalue weighted by molar-refractivity contribution is 0.579. The van der Waals surface area contributed by atoms with Crippen molar-refractivity contribution in [1.82, 2.24) is 9.38 Å². The van der Waals surface area contributed by atoms with Crippen molar-refractivity contribution in [2.24, 2.45) is 5.73 Å². The Balaban J connectivity index is 2.18. The van der Waals surface area contributed by atoms with E-state index >= 15 is 0 Å². The molecule has 0 aliphatic carbocycles. The highest BCUT2D eigenvalue weighted by Crippen LogP contribution is 2.24. The molecule has 0 amide bonds. The Morgan fingerprint density at radius 1 is 1.35 bits per heavy atom. The van der Waals surface area contributed by atoms with Gasteiger partial charge in [-0.2, -0.15) is 0 Å². The number of aromatic nitrogens is 2. The molecular formula is C12H10ClN3O. The van der Waals surface area contributed by atoms with E-state index in [1.54, 1.807) is 18.3 Å². The van der Waals surface area contributed by atoms with E-state index in [0.717, 1.165) is 16.9 Å². The molecule has 17 heavy (non-hydrogen) atoms. The van der Waals surface area contributed by atoms with Crippen LogP contribution in [-0.4, -0.2) is 9.38 Å². The Morgan fingerprint density at radius 3 is 2.94 bits per heavy atom. The van der Waals surface area contributed by atoms with Gasteiger partial charge in [-0.1, -0.05) is 0 Å². The third-order valence-corrected chi connectivity index (χ3v) is 2.83.